The highest BCUT2D eigenvalue weighted by Gasteiger charge is 2.48. The summed E-state index contributed by atoms with van der Waals surface area (Å²) in [4.78, 5) is 29.5. The molecule has 0 unspecified atom stereocenters. The van der Waals surface area contributed by atoms with E-state index in [1.165, 1.54) is 0 Å². The Morgan fingerprint density at radius 2 is 2.07 bits per heavy atom. The Morgan fingerprint density at radius 1 is 1.26 bits per heavy atom. The molecule has 3 rings (SSSR count). The van der Waals surface area contributed by atoms with Crippen LogP contribution in [-0.2, 0) is 16.1 Å². The maximum absolute atomic E-state index is 12.9. The van der Waals surface area contributed by atoms with Gasteiger partial charge in [0, 0.05) is 31.7 Å². The first-order valence-corrected chi connectivity index (χ1v) is 9.98. The first-order chi connectivity index (χ1) is 13.1. The van der Waals surface area contributed by atoms with Crippen molar-refractivity contribution in [3.8, 4) is 5.75 Å². The number of amides is 2. The lowest BCUT2D eigenvalue weighted by Gasteiger charge is -2.39. The number of benzene rings is 1. The molecular formula is C21H31N3O3. The van der Waals surface area contributed by atoms with Gasteiger partial charge in [-0.3, -0.25) is 14.5 Å². The predicted octanol–water partition coefficient (Wildman–Crippen LogP) is 2.04. The molecule has 2 amide bonds. The minimum atomic E-state index is -0.268. The fraction of sp³-hybridized carbons (Fsp3) is 0.619. The van der Waals surface area contributed by atoms with E-state index in [-0.39, 0.29) is 11.3 Å². The van der Waals surface area contributed by atoms with Gasteiger partial charge in [0.05, 0.1) is 19.1 Å². The smallest absolute Gasteiger partial charge is 0.234 e. The maximum Gasteiger partial charge on any atom is 0.234 e. The minimum absolute atomic E-state index is 0.00775. The predicted molar refractivity (Wildman–Crippen MR) is 104 cm³/mol. The summed E-state index contributed by atoms with van der Waals surface area (Å²) >= 11 is 0. The van der Waals surface area contributed by atoms with Gasteiger partial charge < -0.3 is 15.0 Å². The Morgan fingerprint density at radius 3 is 2.85 bits per heavy atom. The fourth-order valence-electron chi connectivity index (χ4n) is 4.41. The second-order valence-electron chi connectivity index (χ2n) is 7.73. The van der Waals surface area contributed by atoms with E-state index in [9.17, 15) is 9.59 Å². The van der Waals surface area contributed by atoms with Crippen molar-refractivity contribution in [2.24, 2.45) is 5.41 Å². The first kappa shape index (κ1) is 19.7. The Labute approximate surface area is 161 Å². The second kappa shape index (κ2) is 8.74. The Hall–Kier alpha value is -2.08. The molecule has 0 radical (unpaired) electrons. The van der Waals surface area contributed by atoms with E-state index >= 15 is 0 Å². The van der Waals surface area contributed by atoms with Crippen LogP contribution >= 0.6 is 0 Å². The number of piperidine rings is 1. The van der Waals surface area contributed by atoms with Crippen LogP contribution in [0.5, 0.6) is 5.75 Å². The third kappa shape index (κ3) is 4.43. The molecule has 27 heavy (non-hydrogen) atoms. The number of hydrogen-bond acceptors (Lipinski definition) is 4. The van der Waals surface area contributed by atoms with E-state index in [1.807, 2.05) is 29.2 Å². The highest BCUT2D eigenvalue weighted by molar-refractivity contribution is 5.84. The molecule has 2 aliphatic rings. The summed E-state index contributed by atoms with van der Waals surface area (Å²) < 4.78 is 5.32. The second-order valence-corrected chi connectivity index (χ2v) is 7.73. The van der Waals surface area contributed by atoms with Gasteiger partial charge in [-0.05, 0) is 38.3 Å². The van der Waals surface area contributed by atoms with E-state index in [1.54, 1.807) is 7.11 Å². The Bertz CT molecular complexity index is 676. The molecular weight excluding hydrogens is 342 g/mol. The summed E-state index contributed by atoms with van der Waals surface area (Å²) in [5, 5.41) is 2.98. The third-order valence-electron chi connectivity index (χ3n) is 5.79. The van der Waals surface area contributed by atoms with E-state index in [0.29, 0.717) is 25.5 Å². The average Bonchev–Trinajstić information content (AvgIpc) is 3.07. The van der Waals surface area contributed by atoms with Gasteiger partial charge in [-0.15, -0.1) is 0 Å². The van der Waals surface area contributed by atoms with Crippen LogP contribution in [0.2, 0.25) is 0 Å². The van der Waals surface area contributed by atoms with Crippen molar-refractivity contribution in [3.63, 3.8) is 0 Å². The summed E-state index contributed by atoms with van der Waals surface area (Å²) in [5.74, 6) is 1.07. The monoisotopic (exact) mass is 373 g/mol. The van der Waals surface area contributed by atoms with Crippen LogP contribution in [0.3, 0.4) is 0 Å². The molecule has 2 aliphatic heterocycles. The van der Waals surface area contributed by atoms with E-state index in [4.69, 9.17) is 4.74 Å². The number of carbonyl (C=O) groups is 2. The molecule has 0 aliphatic carbocycles. The zero-order valence-electron chi connectivity index (χ0n) is 16.5. The van der Waals surface area contributed by atoms with Gasteiger partial charge in [0.15, 0.2) is 0 Å². The normalized spacial score (nSPS) is 23.0. The molecule has 6 heteroatoms. The number of para-hydroxylation sites is 1. The molecule has 148 valence electrons. The van der Waals surface area contributed by atoms with Crippen LogP contribution in [0.4, 0.5) is 0 Å². The number of methoxy groups -OCH3 is 1. The van der Waals surface area contributed by atoms with Gasteiger partial charge in [-0.2, -0.15) is 0 Å². The Balaban J connectivity index is 1.52. The lowest BCUT2D eigenvalue weighted by Crippen LogP contribution is -2.50. The molecule has 2 fully saturated rings. The molecule has 2 saturated heterocycles. The molecule has 1 aromatic carbocycles. The number of likely N-dealkylation sites (tertiary alicyclic amines) is 2. The van der Waals surface area contributed by atoms with Crippen LogP contribution in [0.15, 0.2) is 24.3 Å². The van der Waals surface area contributed by atoms with E-state index in [0.717, 1.165) is 56.6 Å². The van der Waals surface area contributed by atoms with Crippen LogP contribution in [0, 0.1) is 5.41 Å². The largest absolute Gasteiger partial charge is 0.496 e. The summed E-state index contributed by atoms with van der Waals surface area (Å²) in [5.41, 5.74) is 0.694. The standard InChI is InChI=1S/C21H31N3O3/c1-3-11-24-12-6-9-21(20(24)26)10-13-23(16-21)15-19(25)22-14-17-7-4-5-8-18(17)27-2/h4-5,7-8H,3,6,9-16H2,1-2H3,(H,22,25)/t21-/m0/s1. The van der Waals surface area contributed by atoms with Crippen molar-refractivity contribution < 1.29 is 14.3 Å². The van der Waals surface area contributed by atoms with Crippen molar-refractivity contribution in [2.45, 2.75) is 39.2 Å². The van der Waals surface area contributed by atoms with Crippen molar-refractivity contribution >= 4 is 11.8 Å². The lowest BCUT2D eigenvalue weighted by molar-refractivity contribution is -0.145. The third-order valence-corrected chi connectivity index (χ3v) is 5.79. The van der Waals surface area contributed by atoms with Crippen LogP contribution in [-0.4, -0.2) is 61.4 Å². The SMILES string of the molecule is CCCN1CCC[C@@]2(CCN(CC(=O)NCc3ccccc3OC)C2)C1=O. The van der Waals surface area contributed by atoms with Gasteiger partial charge in [0.1, 0.15) is 5.75 Å². The molecule has 1 atom stereocenters. The zero-order chi connectivity index (χ0) is 19.3. The lowest BCUT2D eigenvalue weighted by atomic mass is 9.78. The van der Waals surface area contributed by atoms with Crippen molar-refractivity contribution in [3.05, 3.63) is 29.8 Å². The van der Waals surface area contributed by atoms with Crippen LogP contribution < -0.4 is 10.1 Å². The minimum Gasteiger partial charge on any atom is -0.496 e. The van der Waals surface area contributed by atoms with Crippen LogP contribution in [0.25, 0.3) is 0 Å². The molecule has 1 N–H and O–H groups in total. The topological polar surface area (TPSA) is 61.9 Å². The van der Waals surface area contributed by atoms with E-state index < -0.39 is 0 Å². The van der Waals surface area contributed by atoms with Gasteiger partial charge >= 0.3 is 0 Å². The van der Waals surface area contributed by atoms with Gasteiger partial charge in [0.25, 0.3) is 0 Å². The fourth-order valence-corrected chi connectivity index (χ4v) is 4.41. The quantitative estimate of drug-likeness (QED) is 0.795. The summed E-state index contributed by atoms with van der Waals surface area (Å²) in [6, 6.07) is 7.69. The first-order valence-electron chi connectivity index (χ1n) is 9.98. The number of rotatable bonds is 7. The molecule has 1 spiro atoms. The summed E-state index contributed by atoms with van der Waals surface area (Å²) in [6.07, 6.45) is 3.88. The van der Waals surface area contributed by atoms with Crippen molar-refractivity contribution in [1.29, 1.82) is 0 Å². The average molecular weight is 373 g/mol. The molecule has 1 aromatic rings. The molecule has 0 saturated carbocycles. The van der Waals surface area contributed by atoms with E-state index in [2.05, 4.69) is 17.1 Å². The van der Waals surface area contributed by atoms with Crippen molar-refractivity contribution in [1.82, 2.24) is 15.1 Å². The summed E-state index contributed by atoms with van der Waals surface area (Å²) in [6.45, 7) is 6.15. The van der Waals surface area contributed by atoms with Gasteiger partial charge in [0.2, 0.25) is 11.8 Å². The highest BCUT2D eigenvalue weighted by Crippen LogP contribution is 2.39. The Kier molecular flexibility index (Phi) is 6.37. The van der Waals surface area contributed by atoms with Crippen LogP contribution in [0.1, 0.15) is 38.2 Å². The number of nitrogens with zero attached hydrogens (tertiary/aromatic N) is 2. The van der Waals surface area contributed by atoms with Crippen molar-refractivity contribution in [2.75, 3.05) is 39.8 Å². The molecule has 0 bridgehead atoms. The molecule has 2 heterocycles. The van der Waals surface area contributed by atoms with Gasteiger partial charge in [-0.1, -0.05) is 25.1 Å². The van der Waals surface area contributed by atoms with Gasteiger partial charge in [-0.25, -0.2) is 0 Å². The molecule has 0 aromatic heterocycles. The number of hydrogen-bond donors (Lipinski definition) is 1. The molecule has 6 nitrogen and oxygen atoms in total. The zero-order valence-corrected chi connectivity index (χ0v) is 16.5. The maximum atomic E-state index is 12.9. The summed E-state index contributed by atoms with van der Waals surface area (Å²) in [7, 11) is 1.63. The number of carbonyl (C=O) groups excluding carboxylic acids is 2. The number of ether oxygens (including phenoxy) is 1. The highest BCUT2D eigenvalue weighted by atomic mass is 16.5. The number of nitrogens with one attached hydrogen (secondary N) is 1.